The molecule has 0 heterocycles. The van der Waals surface area contributed by atoms with Crippen molar-refractivity contribution in [2.45, 2.75) is 116 Å². The maximum Gasteiger partial charge on any atom is 1.00 e. The smallest absolute Gasteiger partial charge is 1.00 e. The van der Waals surface area contributed by atoms with E-state index in [9.17, 15) is 10.2 Å². The van der Waals surface area contributed by atoms with Crippen molar-refractivity contribution in [3.63, 3.8) is 0 Å². The Morgan fingerprint density at radius 3 is 1.67 bits per heavy atom. The maximum atomic E-state index is 9.91. The Balaban J connectivity index is 0. The van der Waals surface area contributed by atoms with Crippen molar-refractivity contribution in [1.82, 2.24) is 0 Å². The number of hydrogen-bond donors (Lipinski definition) is 2. The molecule has 0 radical (unpaired) electrons. The minimum absolute atomic E-state index is 0. The van der Waals surface area contributed by atoms with Crippen LogP contribution in [0.25, 0.3) is 0 Å². The Kier molecular flexibility index (Phi) is 18.8. The van der Waals surface area contributed by atoms with Crippen LogP contribution in [0, 0.1) is 0 Å². The number of aromatic hydroxyl groups is 2. The molecule has 0 aliphatic carbocycles. The van der Waals surface area contributed by atoms with Gasteiger partial charge in [-0.3, -0.25) is 0 Å². The van der Waals surface area contributed by atoms with E-state index in [4.69, 9.17) is 0 Å². The zero-order chi connectivity index (χ0) is 19.0. The van der Waals surface area contributed by atoms with E-state index >= 15 is 0 Å². The summed E-state index contributed by atoms with van der Waals surface area (Å²) in [5, 5.41) is 19.5. The summed E-state index contributed by atoms with van der Waals surface area (Å²) >= 11 is 0. The zero-order valence-corrected chi connectivity index (χ0v) is 21.4. The fourth-order valence-corrected chi connectivity index (χ4v) is 3.74. The van der Waals surface area contributed by atoms with E-state index in [1.165, 1.54) is 96.0 Å². The number of rotatable bonds is 16. The third kappa shape index (κ3) is 14.1. The first-order valence-corrected chi connectivity index (χ1v) is 11.2. The van der Waals surface area contributed by atoms with E-state index < -0.39 is 0 Å². The van der Waals surface area contributed by atoms with E-state index in [1.54, 1.807) is 12.1 Å². The molecule has 1 unspecified atom stereocenters. The summed E-state index contributed by atoms with van der Waals surface area (Å²) in [4.78, 5) is 0. The van der Waals surface area contributed by atoms with Crippen LogP contribution >= 0.6 is 0 Å². The van der Waals surface area contributed by atoms with Crippen molar-refractivity contribution in [1.29, 1.82) is 0 Å². The number of unbranched alkanes of at least 4 members (excludes halogenated alkanes) is 13. The van der Waals surface area contributed by atoms with Gasteiger partial charge in [0.05, 0.1) is 0 Å². The molecule has 27 heavy (non-hydrogen) atoms. The topological polar surface area (TPSA) is 40.5 Å². The first-order chi connectivity index (χ1) is 12.6. The Morgan fingerprint density at radius 1 is 0.741 bits per heavy atom. The molecule has 0 aromatic heterocycles. The van der Waals surface area contributed by atoms with Crippen molar-refractivity contribution in [3.8, 4) is 11.5 Å². The normalized spacial score (nSPS) is 11.9. The largest absolute Gasteiger partial charge is 1.00 e. The number of hydrogen-bond acceptors (Lipinski definition) is 2. The van der Waals surface area contributed by atoms with E-state index in [2.05, 4.69) is 13.8 Å². The minimum atomic E-state index is 0. The van der Waals surface area contributed by atoms with Gasteiger partial charge in [-0.25, -0.2) is 0 Å². The first kappa shape index (κ1) is 27.5. The third-order valence-corrected chi connectivity index (χ3v) is 5.53. The Morgan fingerprint density at radius 2 is 1.19 bits per heavy atom. The fraction of sp³-hybridized carbons (Fsp3) is 0.750. The molecule has 0 saturated heterocycles. The molecule has 0 amide bonds. The predicted octanol–water partition coefficient (Wildman–Crippen LogP) is 5.19. The number of phenols is 2. The molecule has 0 saturated carbocycles. The minimum Gasteiger partial charge on any atom is -1.00 e. The first-order valence-electron chi connectivity index (χ1n) is 11.2. The Hall–Kier alpha value is 0.456. The predicted molar refractivity (Wildman–Crippen MR) is 114 cm³/mol. The van der Waals surface area contributed by atoms with Crippen LogP contribution in [0.5, 0.6) is 11.5 Å². The quantitative estimate of drug-likeness (QED) is 0.227. The van der Waals surface area contributed by atoms with Gasteiger partial charge in [0.15, 0.2) is 0 Å². The molecule has 1 aromatic carbocycles. The monoisotopic (exact) mass is 402 g/mol. The second kappa shape index (κ2) is 18.5. The zero-order valence-electron chi connectivity index (χ0n) is 19.3. The average molecular weight is 403 g/mol. The van der Waals surface area contributed by atoms with E-state index in [0.717, 1.165) is 12.0 Å². The van der Waals surface area contributed by atoms with Gasteiger partial charge in [0.1, 0.15) is 11.5 Å². The molecule has 0 fully saturated rings. The molecule has 0 bridgehead atoms. The van der Waals surface area contributed by atoms with Crippen LogP contribution in [0.15, 0.2) is 18.2 Å². The molecule has 0 aliphatic heterocycles. The summed E-state index contributed by atoms with van der Waals surface area (Å²) in [6.07, 6.45) is 20.4. The van der Waals surface area contributed by atoms with Gasteiger partial charge in [-0.2, -0.15) is 0 Å². The van der Waals surface area contributed by atoms with E-state index in [-0.39, 0.29) is 58.6 Å². The van der Waals surface area contributed by atoms with Crippen molar-refractivity contribution < 1.29 is 63.0 Å². The van der Waals surface area contributed by atoms with Gasteiger partial charge in [0.2, 0.25) is 0 Å². The van der Waals surface area contributed by atoms with Crippen LogP contribution < -0.4 is 51.4 Å². The summed E-state index contributed by atoms with van der Waals surface area (Å²) in [6, 6.07) is 4.83. The molecular weight excluding hydrogens is 359 g/mol. The maximum absolute atomic E-state index is 9.91. The van der Waals surface area contributed by atoms with Crippen LogP contribution in [-0.4, -0.2) is 10.2 Å². The Bertz CT molecular complexity index is 468. The standard InChI is InChI=1S/C24H42O2.K.H/c1-3-4-5-6-7-8-9-10-11-12-13-14-15-16-17-21(2)23-20-22(25)18-19-24(23)26;;/h18-21,25-26H,3-17H2,1-2H3;;/q;+1;-1. The summed E-state index contributed by atoms with van der Waals surface area (Å²) < 4.78 is 0. The third-order valence-electron chi connectivity index (χ3n) is 5.53. The summed E-state index contributed by atoms with van der Waals surface area (Å²) in [6.45, 7) is 4.41. The van der Waals surface area contributed by atoms with E-state index in [1.807, 2.05) is 0 Å². The molecule has 1 atom stereocenters. The molecule has 2 nitrogen and oxygen atoms in total. The SMILES string of the molecule is CCCCCCCCCCCCCCCCC(C)c1cc(O)ccc1O.[H-].[K+]. The van der Waals surface area contributed by atoms with Crippen molar-refractivity contribution >= 4 is 0 Å². The second-order valence-electron chi connectivity index (χ2n) is 8.03. The van der Waals surface area contributed by atoms with Gasteiger partial charge in [-0.05, 0) is 30.5 Å². The van der Waals surface area contributed by atoms with Crippen molar-refractivity contribution in [3.05, 3.63) is 23.8 Å². The number of phenolic OH excluding ortho intramolecular Hbond substituents is 2. The summed E-state index contributed by atoms with van der Waals surface area (Å²) in [7, 11) is 0. The molecule has 152 valence electrons. The molecule has 0 spiro atoms. The summed E-state index contributed by atoms with van der Waals surface area (Å²) in [5.41, 5.74) is 0.875. The molecule has 3 heteroatoms. The van der Waals surface area contributed by atoms with Crippen LogP contribution in [-0.2, 0) is 0 Å². The van der Waals surface area contributed by atoms with Crippen LogP contribution in [0.1, 0.15) is 123 Å². The molecule has 1 aromatic rings. The number of benzene rings is 1. The molecule has 0 aliphatic rings. The van der Waals surface area contributed by atoms with Crippen LogP contribution in [0.3, 0.4) is 0 Å². The Labute approximate surface area is 212 Å². The van der Waals surface area contributed by atoms with Crippen molar-refractivity contribution in [2.75, 3.05) is 0 Å². The van der Waals surface area contributed by atoms with E-state index in [0.29, 0.717) is 11.7 Å². The van der Waals surface area contributed by atoms with Gasteiger partial charge in [0.25, 0.3) is 0 Å². The average Bonchev–Trinajstić information content (AvgIpc) is 2.63. The van der Waals surface area contributed by atoms with Gasteiger partial charge >= 0.3 is 51.4 Å². The second-order valence-corrected chi connectivity index (χ2v) is 8.03. The van der Waals surface area contributed by atoms with Crippen LogP contribution in [0.2, 0.25) is 0 Å². The van der Waals surface area contributed by atoms with Gasteiger partial charge in [-0.15, -0.1) is 0 Å². The molecule has 1 rings (SSSR count). The molecule has 2 N–H and O–H groups in total. The fourth-order valence-electron chi connectivity index (χ4n) is 3.74. The van der Waals surface area contributed by atoms with Crippen LogP contribution in [0.4, 0.5) is 0 Å². The van der Waals surface area contributed by atoms with Crippen molar-refractivity contribution in [2.24, 2.45) is 0 Å². The summed E-state index contributed by atoms with van der Waals surface area (Å²) in [5.74, 6) is 0.852. The van der Waals surface area contributed by atoms with Gasteiger partial charge in [0, 0.05) is 5.56 Å². The molecular formula is C24H43KO2. The van der Waals surface area contributed by atoms with Gasteiger partial charge < -0.3 is 11.6 Å². The van der Waals surface area contributed by atoms with Gasteiger partial charge in [-0.1, -0.05) is 104 Å².